The number of carboxylic acids is 1. The maximum absolute atomic E-state index is 10.9. The molecule has 0 aliphatic heterocycles. The molecule has 1 aromatic carbocycles. The van der Waals surface area contributed by atoms with Gasteiger partial charge in [0.15, 0.2) is 0 Å². The van der Waals surface area contributed by atoms with Gasteiger partial charge in [-0.3, -0.25) is 0 Å². The van der Waals surface area contributed by atoms with Crippen LogP contribution >= 0.6 is 23.4 Å². The number of aromatic nitrogens is 1. The quantitative estimate of drug-likeness (QED) is 0.846. The van der Waals surface area contributed by atoms with Crippen molar-refractivity contribution in [3.05, 3.63) is 52.7 Å². The van der Waals surface area contributed by atoms with E-state index in [1.807, 2.05) is 24.3 Å². The molecule has 0 amide bonds. The van der Waals surface area contributed by atoms with E-state index in [1.165, 1.54) is 17.8 Å². The molecular weight excluding hydrogens is 284 g/mol. The number of rotatable bonds is 4. The molecule has 0 radical (unpaired) electrons. The molecule has 98 valence electrons. The van der Waals surface area contributed by atoms with Crippen molar-refractivity contribution in [2.24, 2.45) is 0 Å². The van der Waals surface area contributed by atoms with E-state index < -0.39 is 5.97 Å². The summed E-state index contributed by atoms with van der Waals surface area (Å²) in [5.74, 6) is -0.487. The van der Waals surface area contributed by atoms with Crippen LogP contribution < -0.4 is 5.73 Å². The Hall–Kier alpha value is -1.72. The van der Waals surface area contributed by atoms with E-state index in [1.54, 1.807) is 6.07 Å². The van der Waals surface area contributed by atoms with Gasteiger partial charge in [-0.05, 0) is 23.8 Å². The molecule has 1 aromatic heterocycles. The van der Waals surface area contributed by atoms with Crippen molar-refractivity contribution >= 4 is 35.0 Å². The van der Waals surface area contributed by atoms with Crippen molar-refractivity contribution in [2.75, 3.05) is 5.73 Å². The Morgan fingerprint density at radius 1 is 1.32 bits per heavy atom. The minimum absolute atomic E-state index is 0.0177. The average Bonchev–Trinajstić information content (AvgIpc) is 2.39. The van der Waals surface area contributed by atoms with Crippen molar-refractivity contribution < 1.29 is 9.90 Å². The lowest BCUT2D eigenvalue weighted by molar-refractivity contribution is 0.0690. The Bertz CT molecular complexity index is 619. The molecule has 2 rings (SSSR count). The van der Waals surface area contributed by atoms with Crippen LogP contribution in [0.1, 0.15) is 16.1 Å². The summed E-state index contributed by atoms with van der Waals surface area (Å²) in [4.78, 5) is 14.9. The lowest BCUT2D eigenvalue weighted by atomic mass is 10.2. The smallest absolute Gasteiger partial charge is 0.354 e. The fourth-order valence-electron chi connectivity index (χ4n) is 1.45. The lowest BCUT2D eigenvalue weighted by Crippen LogP contribution is -2.03. The summed E-state index contributed by atoms with van der Waals surface area (Å²) in [6, 6.07) is 10.4. The van der Waals surface area contributed by atoms with E-state index in [-0.39, 0.29) is 5.69 Å². The second kappa shape index (κ2) is 5.95. The first-order valence-electron chi connectivity index (χ1n) is 5.44. The average molecular weight is 295 g/mol. The standard InChI is InChI=1S/C13H11ClN2O2S/c14-9-4-2-1-3-8(9)7-19-12-10(15)5-6-11(16-12)13(17)18/h1-6H,7,15H2,(H,17,18). The van der Waals surface area contributed by atoms with Gasteiger partial charge in [-0.15, -0.1) is 0 Å². The molecule has 0 bridgehead atoms. The van der Waals surface area contributed by atoms with E-state index in [4.69, 9.17) is 22.4 Å². The highest BCUT2D eigenvalue weighted by Gasteiger charge is 2.10. The largest absolute Gasteiger partial charge is 0.477 e. The highest BCUT2D eigenvalue weighted by molar-refractivity contribution is 7.98. The maximum Gasteiger partial charge on any atom is 0.354 e. The first-order valence-corrected chi connectivity index (χ1v) is 6.80. The minimum Gasteiger partial charge on any atom is -0.477 e. The Labute approximate surface area is 119 Å². The highest BCUT2D eigenvalue weighted by Crippen LogP contribution is 2.29. The van der Waals surface area contributed by atoms with Gasteiger partial charge in [-0.1, -0.05) is 41.6 Å². The molecule has 0 spiro atoms. The summed E-state index contributed by atoms with van der Waals surface area (Å²) in [6.45, 7) is 0. The predicted octanol–water partition coefficient (Wildman–Crippen LogP) is 3.31. The third-order valence-corrected chi connectivity index (χ3v) is 3.86. The Morgan fingerprint density at radius 3 is 2.74 bits per heavy atom. The molecule has 4 nitrogen and oxygen atoms in total. The predicted molar refractivity (Wildman–Crippen MR) is 76.6 cm³/mol. The first kappa shape index (κ1) is 13.7. The maximum atomic E-state index is 10.9. The fraction of sp³-hybridized carbons (Fsp3) is 0.0769. The van der Waals surface area contributed by atoms with Crippen molar-refractivity contribution in [3.63, 3.8) is 0 Å². The molecule has 0 saturated carbocycles. The van der Waals surface area contributed by atoms with Crippen LogP contribution in [0.25, 0.3) is 0 Å². The van der Waals surface area contributed by atoms with Gasteiger partial charge in [0.1, 0.15) is 10.7 Å². The number of nitrogen functional groups attached to an aromatic ring is 1. The SMILES string of the molecule is Nc1ccc(C(=O)O)nc1SCc1ccccc1Cl. The second-order valence-electron chi connectivity index (χ2n) is 3.78. The van der Waals surface area contributed by atoms with Crippen molar-refractivity contribution in [2.45, 2.75) is 10.8 Å². The lowest BCUT2D eigenvalue weighted by Gasteiger charge is -2.06. The second-order valence-corrected chi connectivity index (χ2v) is 5.15. The zero-order valence-electron chi connectivity index (χ0n) is 9.84. The molecule has 19 heavy (non-hydrogen) atoms. The monoisotopic (exact) mass is 294 g/mol. The van der Waals surface area contributed by atoms with Crippen molar-refractivity contribution in [1.82, 2.24) is 4.98 Å². The summed E-state index contributed by atoms with van der Waals surface area (Å²) in [5.41, 5.74) is 7.18. The number of hydrogen-bond donors (Lipinski definition) is 2. The van der Waals surface area contributed by atoms with E-state index in [0.717, 1.165) is 5.56 Å². The number of thioether (sulfide) groups is 1. The van der Waals surface area contributed by atoms with Crippen LogP contribution in [0.4, 0.5) is 5.69 Å². The van der Waals surface area contributed by atoms with Gasteiger partial charge < -0.3 is 10.8 Å². The number of halogens is 1. The minimum atomic E-state index is -1.07. The van der Waals surface area contributed by atoms with Gasteiger partial charge in [0, 0.05) is 10.8 Å². The number of benzene rings is 1. The molecule has 0 fully saturated rings. The molecular formula is C13H11ClN2O2S. The number of nitrogens with two attached hydrogens (primary N) is 1. The molecule has 0 saturated heterocycles. The zero-order chi connectivity index (χ0) is 13.8. The van der Waals surface area contributed by atoms with Crippen LogP contribution in [0.2, 0.25) is 5.02 Å². The molecule has 6 heteroatoms. The van der Waals surface area contributed by atoms with E-state index in [2.05, 4.69) is 4.98 Å². The van der Waals surface area contributed by atoms with Gasteiger partial charge in [-0.2, -0.15) is 0 Å². The van der Waals surface area contributed by atoms with Gasteiger partial charge in [0.05, 0.1) is 5.69 Å². The number of carbonyl (C=O) groups is 1. The van der Waals surface area contributed by atoms with Crippen molar-refractivity contribution in [1.29, 1.82) is 0 Å². The molecule has 0 atom stereocenters. The number of pyridine rings is 1. The molecule has 0 aliphatic carbocycles. The zero-order valence-corrected chi connectivity index (χ0v) is 11.4. The number of nitrogens with zero attached hydrogens (tertiary/aromatic N) is 1. The third-order valence-electron chi connectivity index (χ3n) is 2.43. The topological polar surface area (TPSA) is 76.2 Å². The normalized spacial score (nSPS) is 10.4. The summed E-state index contributed by atoms with van der Waals surface area (Å²) in [5, 5.41) is 10.1. The van der Waals surface area contributed by atoms with Crippen LogP contribution in [-0.4, -0.2) is 16.1 Å². The van der Waals surface area contributed by atoms with Crippen LogP contribution in [0.5, 0.6) is 0 Å². The number of aromatic carboxylic acids is 1. The van der Waals surface area contributed by atoms with Gasteiger partial charge in [0.25, 0.3) is 0 Å². The molecule has 3 N–H and O–H groups in total. The molecule has 2 aromatic rings. The molecule has 0 unspecified atom stereocenters. The van der Waals surface area contributed by atoms with Gasteiger partial charge in [-0.25, -0.2) is 9.78 Å². The van der Waals surface area contributed by atoms with Gasteiger partial charge >= 0.3 is 5.97 Å². The van der Waals surface area contributed by atoms with E-state index in [9.17, 15) is 4.79 Å². The van der Waals surface area contributed by atoms with Crippen LogP contribution in [0, 0.1) is 0 Å². The third kappa shape index (κ3) is 3.39. The summed E-state index contributed by atoms with van der Waals surface area (Å²) < 4.78 is 0. The van der Waals surface area contributed by atoms with E-state index in [0.29, 0.717) is 21.5 Å². The molecule has 1 heterocycles. The summed E-state index contributed by atoms with van der Waals surface area (Å²) in [6.07, 6.45) is 0. The summed E-state index contributed by atoms with van der Waals surface area (Å²) >= 11 is 7.41. The van der Waals surface area contributed by atoms with Crippen LogP contribution in [0.3, 0.4) is 0 Å². The van der Waals surface area contributed by atoms with Gasteiger partial charge in [0.2, 0.25) is 0 Å². The van der Waals surface area contributed by atoms with Crippen LogP contribution in [-0.2, 0) is 5.75 Å². The summed E-state index contributed by atoms with van der Waals surface area (Å²) in [7, 11) is 0. The Balaban J connectivity index is 2.17. The highest BCUT2D eigenvalue weighted by atomic mass is 35.5. The van der Waals surface area contributed by atoms with E-state index >= 15 is 0 Å². The number of anilines is 1. The first-order chi connectivity index (χ1) is 9.08. The van der Waals surface area contributed by atoms with Crippen molar-refractivity contribution in [3.8, 4) is 0 Å². The Morgan fingerprint density at radius 2 is 2.05 bits per heavy atom. The number of hydrogen-bond acceptors (Lipinski definition) is 4. The van der Waals surface area contributed by atoms with Crippen LogP contribution in [0.15, 0.2) is 41.4 Å². The fourth-order valence-corrected chi connectivity index (χ4v) is 2.67. The Kier molecular flexibility index (Phi) is 4.29. The molecule has 0 aliphatic rings. The number of carboxylic acid groups (broad SMARTS) is 1.